The molecule has 1 atom stereocenters. The summed E-state index contributed by atoms with van der Waals surface area (Å²) in [5.41, 5.74) is 7.47. The summed E-state index contributed by atoms with van der Waals surface area (Å²) in [7, 11) is 2.13. The van der Waals surface area contributed by atoms with Crippen LogP contribution in [0.1, 0.15) is 45.1 Å². The van der Waals surface area contributed by atoms with Crippen LogP contribution >= 0.6 is 0 Å². The number of carbonyl (C=O) groups is 1. The minimum atomic E-state index is 0.0624. The lowest BCUT2D eigenvalue weighted by molar-refractivity contribution is -0.116. The third kappa shape index (κ3) is 6.27. The SMILES string of the molecule is CCCC(C)N(C)CCCC(=O)Nc1ccccc1CN. The van der Waals surface area contributed by atoms with Crippen molar-refractivity contribution in [3.63, 3.8) is 0 Å². The fourth-order valence-corrected chi connectivity index (χ4v) is 2.38. The topological polar surface area (TPSA) is 58.4 Å². The molecule has 3 N–H and O–H groups in total. The fraction of sp³-hybridized carbons (Fsp3) is 0.588. The Hall–Kier alpha value is -1.39. The maximum atomic E-state index is 12.0. The highest BCUT2D eigenvalue weighted by Gasteiger charge is 2.09. The van der Waals surface area contributed by atoms with Gasteiger partial charge in [-0.15, -0.1) is 0 Å². The van der Waals surface area contributed by atoms with Gasteiger partial charge < -0.3 is 16.0 Å². The normalized spacial score (nSPS) is 12.4. The molecule has 0 saturated carbocycles. The van der Waals surface area contributed by atoms with Crippen molar-refractivity contribution < 1.29 is 4.79 Å². The molecule has 0 aromatic heterocycles. The van der Waals surface area contributed by atoms with Crippen LogP contribution < -0.4 is 11.1 Å². The van der Waals surface area contributed by atoms with E-state index in [2.05, 4.69) is 31.1 Å². The van der Waals surface area contributed by atoms with Gasteiger partial charge in [0.2, 0.25) is 5.91 Å². The van der Waals surface area contributed by atoms with Gasteiger partial charge >= 0.3 is 0 Å². The predicted molar refractivity (Wildman–Crippen MR) is 89.2 cm³/mol. The van der Waals surface area contributed by atoms with Gasteiger partial charge in [-0.2, -0.15) is 0 Å². The van der Waals surface area contributed by atoms with E-state index in [0.29, 0.717) is 19.0 Å². The summed E-state index contributed by atoms with van der Waals surface area (Å²) in [5, 5.41) is 2.95. The molecule has 4 nitrogen and oxygen atoms in total. The van der Waals surface area contributed by atoms with E-state index in [-0.39, 0.29) is 5.91 Å². The van der Waals surface area contributed by atoms with E-state index in [0.717, 1.165) is 24.2 Å². The summed E-state index contributed by atoms with van der Waals surface area (Å²) in [5.74, 6) is 0.0624. The van der Waals surface area contributed by atoms with Crippen LogP contribution in [0, 0.1) is 0 Å². The molecular formula is C17H29N3O. The van der Waals surface area contributed by atoms with Crippen LogP contribution in [-0.2, 0) is 11.3 Å². The van der Waals surface area contributed by atoms with Gasteiger partial charge in [-0.1, -0.05) is 31.5 Å². The number of hydrogen-bond donors (Lipinski definition) is 2. The zero-order valence-corrected chi connectivity index (χ0v) is 13.6. The van der Waals surface area contributed by atoms with E-state index in [1.54, 1.807) is 0 Å². The second-order valence-corrected chi connectivity index (χ2v) is 5.63. The second kappa shape index (κ2) is 9.53. The van der Waals surface area contributed by atoms with E-state index < -0.39 is 0 Å². The Bertz CT molecular complexity index is 434. The molecule has 118 valence electrons. The highest BCUT2D eigenvalue weighted by atomic mass is 16.1. The van der Waals surface area contributed by atoms with E-state index in [1.807, 2.05) is 24.3 Å². The highest BCUT2D eigenvalue weighted by Crippen LogP contribution is 2.14. The summed E-state index contributed by atoms with van der Waals surface area (Å²) < 4.78 is 0. The van der Waals surface area contributed by atoms with Crippen LogP contribution in [0.3, 0.4) is 0 Å². The fourth-order valence-electron chi connectivity index (χ4n) is 2.38. The predicted octanol–water partition coefficient (Wildman–Crippen LogP) is 2.98. The van der Waals surface area contributed by atoms with Crippen molar-refractivity contribution in [2.45, 2.75) is 52.1 Å². The van der Waals surface area contributed by atoms with Gasteiger partial charge in [-0.3, -0.25) is 4.79 Å². The Morgan fingerprint density at radius 1 is 1.38 bits per heavy atom. The third-order valence-electron chi connectivity index (χ3n) is 3.88. The number of rotatable bonds is 9. The Morgan fingerprint density at radius 3 is 2.76 bits per heavy atom. The molecule has 0 heterocycles. The molecule has 1 aromatic rings. The monoisotopic (exact) mass is 291 g/mol. The minimum Gasteiger partial charge on any atom is -0.326 e. The molecule has 0 aliphatic rings. The van der Waals surface area contributed by atoms with Gasteiger partial charge in [0.05, 0.1) is 0 Å². The summed E-state index contributed by atoms with van der Waals surface area (Å²) in [4.78, 5) is 14.3. The van der Waals surface area contributed by atoms with Crippen molar-refractivity contribution in [3.05, 3.63) is 29.8 Å². The number of para-hydroxylation sites is 1. The Kier molecular flexibility index (Phi) is 8.01. The number of nitrogens with one attached hydrogen (secondary N) is 1. The summed E-state index contributed by atoms with van der Waals surface area (Å²) in [6.07, 6.45) is 3.82. The molecule has 1 amide bonds. The van der Waals surface area contributed by atoms with Crippen molar-refractivity contribution in [2.75, 3.05) is 18.9 Å². The average Bonchev–Trinajstić information content (AvgIpc) is 2.47. The number of nitrogens with zero attached hydrogens (tertiary/aromatic N) is 1. The van der Waals surface area contributed by atoms with Crippen molar-refractivity contribution in [1.29, 1.82) is 0 Å². The Morgan fingerprint density at radius 2 is 2.10 bits per heavy atom. The Balaban J connectivity index is 2.34. The molecule has 1 unspecified atom stereocenters. The maximum Gasteiger partial charge on any atom is 0.224 e. The molecule has 0 radical (unpaired) electrons. The zero-order chi connectivity index (χ0) is 15.7. The molecule has 0 spiro atoms. The average molecular weight is 291 g/mol. The van der Waals surface area contributed by atoms with Gasteiger partial charge in [0.25, 0.3) is 0 Å². The lowest BCUT2D eigenvalue weighted by atomic mass is 10.1. The lowest BCUT2D eigenvalue weighted by Gasteiger charge is -2.24. The highest BCUT2D eigenvalue weighted by molar-refractivity contribution is 5.91. The van der Waals surface area contributed by atoms with E-state index in [4.69, 9.17) is 5.73 Å². The first-order valence-electron chi connectivity index (χ1n) is 7.86. The van der Waals surface area contributed by atoms with Gasteiger partial charge in [-0.25, -0.2) is 0 Å². The van der Waals surface area contributed by atoms with Crippen LogP contribution in [0.25, 0.3) is 0 Å². The van der Waals surface area contributed by atoms with Crippen molar-refractivity contribution in [1.82, 2.24) is 4.90 Å². The molecule has 1 aromatic carbocycles. The van der Waals surface area contributed by atoms with Crippen LogP contribution in [0.2, 0.25) is 0 Å². The molecule has 0 aliphatic heterocycles. The van der Waals surface area contributed by atoms with Gasteiger partial charge in [0.15, 0.2) is 0 Å². The molecule has 0 bridgehead atoms. The summed E-state index contributed by atoms with van der Waals surface area (Å²) >= 11 is 0. The van der Waals surface area contributed by atoms with Gasteiger partial charge in [0.1, 0.15) is 0 Å². The molecule has 1 rings (SSSR count). The van der Waals surface area contributed by atoms with E-state index >= 15 is 0 Å². The number of benzene rings is 1. The number of nitrogens with two attached hydrogens (primary N) is 1. The van der Waals surface area contributed by atoms with Crippen molar-refractivity contribution in [2.24, 2.45) is 5.73 Å². The minimum absolute atomic E-state index is 0.0624. The zero-order valence-electron chi connectivity index (χ0n) is 13.6. The van der Waals surface area contributed by atoms with E-state index in [1.165, 1.54) is 12.8 Å². The van der Waals surface area contributed by atoms with Crippen LogP contribution in [0.5, 0.6) is 0 Å². The third-order valence-corrected chi connectivity index (χ3v) is 3.88. The number of anilines is 1. The molecular weight excluding hydrogens is 262 g/mol. The standard InChI is InChI=1S/C17H29N3O/c1-4-8-14(2)20(3)12-7-11-17(21)19-16-10-6-5-9-15(16)13-18/h5-6,9-10,14H,4,7-8,11-13,18H2,1-3H3,(H,19,21). The largest absolute Gasteiger partial charge is 0.326 e. The van der Waals surface area contributed by atoms with Crippen LogP contribution in [-0.4, -0.2) is 30.4 Å². The first kappa shape index (κ1) is 17.7. The second-order valence-electron chi connectivity index (χ2n) is 5.63. The first-order chi connectivity index (χ1) is 10.1. The van der Waals surface area contributed by atoms with Crippen molar-refractivity contribution >= 4 is 11.6 Å². The number of carbonyl (C=O) groups excluding carboxylic acids is 1. The molecule has 0 saturated heterocycles. The Labute approximate surface area is 128 Å². The molecule has 0 fully saturated rings. The number of amides is 1. The smallest absolute Gasteiger partial charge is 0.224 e. The van der Waals surface area contributed by atoms with Gasteiger partial charge in [-0.05, 0) is 45.0 Å². The number of hydrogen-bond acceptors (Lipinski definition) is 3. The summed E-state index contributed by atoms with van der Waals surface area (Å²) in [6, 6.07) is 8.26. The first-order valence-corrected chi connectivity index (χ1v) is 7.86. The molecule has 4 heteroatoms. The summed E-state index contributed by atoms with van der Waals surface area (Å²) in [6.45, 7) is 5.83. The van der Waals surface area contributed by atoms with Crippen LogP contribution in [0.15, 0.2) is 24.3 Å². The quantitative estimate of drug-likeness (QED) is 0.735. The lowest BCUT2D eigenvalue weighted by Crippen LogP contribution is -2.30. The van der Waals surface area contributed by atoms with Crippen molar-refractivity contribution in [3.8, 4) is 0 Å². The molecule has 21 heavy (non-hydrogen) atoms. The molecule has 0 aliphatic carbocycles. The van der Waals surface area contributed by atoms with Crippen LogP contribution in [0.4, 0.5) is 5.69 Å². The van der Waals surface area contributed by atoms with Gasteiger partial charge in [0, 0.05) is 24.7 Å². The maximum absolute atomic E-state index is 12.0. The van der Waals surface area contributed by atoms with E-state index in [9.17, 15) is 4.79 Å².